The SMILES string of the molecule is CC(C)(N)C(=O)OCC1C2CC3CC(C2)CC1C3. The maximum Gasteiger partial charge on any atom is 0.325 e. The molecule has 0 aromatic rings. The highest BCUT2D eigenvalue weighted by Crippen LogP contribution is 2.56. The van der Waals surface area contributed by atoms with Crippen molar-refractivity contribution in [3.05, 3.63) is 0 Å². The van der Waals surface area contributed by atoms with Gasteiger partial charge in [0, 0.05) is 0 Å². The summed E-state index contributed by atoms with van der Waals surface area (Å²) in [4.78, 5) is 11.8. The number of hydrogen-bond acceptors (Lipinski definition) is 3. The molecule has 4 aliphatic rings. The van der Waals surface area contributed by atoms with Crippen LogP contribution in [0.5, 0.6) is 0 Å². The van der Waals surface area contributed by atoms with Crippen LogP contribution in [-0.4, -0.2) is 18.1 Å². The Morgan fingerprint density at radius 1 is 1.11 bits per heavy atom. The van der Waals surface area contributed by atoms with Crippen LogP contribution in [0.25, 0.3) is 0 Å². The predicted octanol–water partition coefficient (Wildman–Crippen LogP) is 2.34. The second kappa shape index (κ2) is 4.22. The first-order chi connectivity index (χ1) is 8.43. The molecule has 4 fully saturated rings. The summed E-state index contributed by atoms with van der Waals surface area (Å²) in [7, 11) is 0. The fraction of sp³-hybridized carbons (Fsp3) is 0.933. The van der Waals surface area contributed by atoms with E-state index in [0.29, 0.717) is 12.5 Å². The average Bonchev–Trinajstić information content (AvgIpc) is 2.25. The van der Waals surface area contributed by atoms with Gasteiger partial charge in [-0.1, -0.05) is 0 Å². The van der Waals surface area contributed by atoms with E-state index < -0.39 is 5.54 Å². The average molecular weight is 251 g/mol. The van der Waals surface area contributed by atoms with E-state index in [1.165, 1.54) is 32.1 Å². The summed E-state index contributed by atoms with van der Waals surface area (Å²) in [6.45, 7) is 4.03. The van der Waals surface area contributed by atoms with Crippen LogP contribution in [0.1, 0.15) is 46.0 Å². The summed E-state index contributed by atoms with van der Waals surface area (Å²) in [6.07, 6.45) is 6.97. The lowest BCUT2D eigenvalue weighted by molar-refractivity contribution is -0.155. The Morgan fingerprint density at radius 3 is 2.06 bits per heavy atom. The Morgan fingerprint density at radius 2 is 1.61 bits per heavy atom. The van der Waals surface area contributed by atoms with E-state index in [1.54, 1.807) is 13.8 Å². The van der Waals surface area contributed by atoms with E-state index in [4.69, 9.17) is 10.5 Å². The first-order valence-corrected chi connectivity index (χ1v) is 7.39. The smallest absolute Gasteiger partial charge is 0.325 e. The number of ether oxygens (including phenoxy) is 1. The third kappa shape index (κ3) is 2.18. The summed E-state index contributed by atoms with van der Waals surface area (Å²) in [5.41, 5.74) is 4.91. The van der Waals surface area contributed by atoms with Gasteiger partial charge in [-0.15, -0.1) is 0 Å². The van der Waals surface area contributed by atoms with Crippen molar-refractivity contribution in [2.75, 3.05) is 6.61 Å². The summed E-state index contributed by atoms with van der Waals surface area (Å²) in [6, 6.07) is 0. The number of carbonyl (C=O) groups excluding carboxylic acids is 1. The van der Waals surface area contributed by atoms with Crippen LogP contribution >= 0.6 is 0 Å². The molecule has 0 radical (unpaired) electrons. The molecule has 4 bridgehead atoms. The van der Waals surface area contributed by atoms with Crippen LogP contribution in [0.3, 0.4) is 0 Å². The highest BCUT2D eigenvalue weighted by molar-refractivity contribution is 5.79. The molecule has 2 N–H and O–H groups in total. The van der Waals surface area contributed by atoms with Crippen molar-refractivity contribution in [2.24, 2.45) is 35.3 Å². The maximum absolute atomic E-state index is 11.8. The molecule has 4 saturated carbocycles. The van der Waals surface area contributed by atoms with Crippen molar-refractivity contribution in [2.45, 2.75) is 51.5 Å². The maximum atomic E-state index is 11.8. The van der Waals surface area contributed by atoms with Gasteiger partial charge in [-0.25, -0.2) is 0 Å². The first-order valence-electron chi connectivity index (χ1n) is 7.39. The van der Waals surface area contributed by atoms with E-state index in [1.807, 2.05) is 0 Å². The third-order valence-electron chi connectivity index (χ3n) is 5.35. The molecule has 102 valence electrons. The molecule has 0 aromatic carbocycles. The third-order valence-corrected chi connectivity index (χ3v) is 5.35. The fourth-order valence-electron chi connectivity index (χ4n) is 4.67. The minimum atomic E-state index is -0.855. The van der Waals surface area contributed by atoms with E-state index in [-0.39, 0.29) is 5.97 Å². The molecular formula is C15H25NO2. The molecule has 0 saturated heterocycles. The van der Waals surface area contributed by atoms with Crippen LogP contribution in [0.15, 0.2) is 0 Å². The quantitative estimate of drug-likeness (QED) is 0.783. The minimum absolute atomic E-state index is 0.253. The normalized spacial score (nSPS) is 42.1. The van der Waals surface area contributed by atoms with Gasteiger partial charge >= 0.3 is 5.97 Å². The molecule has 3 heteroatoms. The zero-order valence-corrected chi connectivity index (χ0v) is 11.5. The van der Waals surface area contributed by atoms with Crippen LogP contribution < -0.4 is 5.73 Å². The lowest BCUT2D eigenvalue weighted by atomic mass is 9.52. The molecule has 0 heterocycles. The second-order valence-corrected chi connectivity index (χ2v) is 7.41. The lowest BCUT2D eigenvalue weighted by Crippen LogP contribution is -2.48. The molecular weight excluding hydrogens is 226 g/mol. The van der Waals surface area contributed by atoms with Crippen molar-refractivity contribution in [3.63, 3.8) is 0 Å². The van der Waals surface area contributed by atoms with E-state index >= 15 is 0 Å². The molecule has 0 atom stereocenters. The Labute approximate surface area is 109 Å². The number of nitrogens with two attached hydrogens (primary N) is 1. The number of esters is 1. The van der Waals surface area contributed by atoms with Crippen molar-refractivity contribution in [3.8, 4) is 0 Å². The highest BCUT2D eigenvalue weighted by Gasteiger charge is 2.48. The number of hydrogen-bond donors (Lipinski definition) is 1. The van der Waals surface area contributed by atoms with Crippen LogP contribution in [0.4, 0.5) is 0 Å². The Hall–Kier alpha value is -0.570. The fourth-order valence-corrected chi connectivity index (χ4v) is 4.67. The monoisotopic (exact) mass is 251 g/mol. The lowest BCUT2D eigenvalue weighted by Gasteiger charge is -2.54. The van der Waals surface area contributed by atoms with Crippen molar-refractivity contribution < 1.29 is 9.53 Å². The molecule has 0 amide bonds. The van der Waals surface area contributed by atoms with Gasteiger partial charge in [-0.3, -0.25) is 4.79 Å². The van der Waals surface area contributed by atoms with Crippen LogP contribution in [0, 0.1) is 29.6 Å². The molecule has 0 unspecified atom stereocenters. The van der Waals surface area contributed by atoms with Gasteiger partial charge in [0.15, 0.2) is 0 Å². The van der Waals surface area contributed by atoms with Crippen molar-refractivity contribution >= 4 is 5.97 Å². The van der Waals surface area contributed by atoms with Gasteiger partial charge in [-0.2, -0.15) is 0 Å². The number of rotatable bonds is 3. The summed E-state index contributed by atoms with van der Waals surface area (Å²) in [5, 5.41) is 0. The standard InChI is InChI=1S/C15H25NO2/c1-15(2,16)14(17)18-8-13-11-4-9-3-10(6-11)7-12(13)5-9/h9-13H,3-8,16H2,1-2H3. The van der Waals surface area contributed by atoms with Gasteiger partial charge < -0.3 is 10.5 Å². The number of carbonyl (C=O) groups is 1. The summed E-state index contributed by atoms with van der Waals surface area (Å²) < 4.78 is 5.47. The second-order valence-electron chi connectivity index (χ2n) is 7.41. The van der Waals surface area contributed by atoms with Gasteiger partial charge in [0.05, 0.1) is 6.61 Å². The summed E-state index contributed by atoms with van der Waals surface area (Å²) in [5.74, 6) is 3.95. The highest BCUT2D eigenvalue weighted by atomic mass is 16.5. The molecule has 0 spiro atoms. The Bertz CT molecular complexity index is 317. The zero-order chi connectivity index (χ0) is 12.9. The van der Waals surface area contributed by atoms with Crippen molar-refractivity contribution in [1.82, 2.24) is 0 Å². The van der Waals surface area contributed by atoms with Gasteiger partial charge in [0.25, 0.3) is 0 Å². The van der Waals surface area contributed by atoms with Crippen LogP contribution in [-0.2, 0) is 9.53 Å². The zero-order valence-electron chi connectivity index (χ0n) is 11.5. The largest absolute Gasteiger partial charge is 0.464 e. The Balaban J connectivity index is 1.59. The van der Waals surface area contributed by atoms with Gasteiger partial charge in [0.1, 0.15) is 5.54 Å². The first kappa shape index (κ1) is 12.5. The molecule has 4 aliphatic carbocycles. The van der Waals surface area contributed by atoms with E-state index in [9.17, 15) is 4.79 Å². The van der Waals surface area contributed by atoms with Crippen molar-refractivity contribution in [1.29, 1.82) is 0 Å². The topological polar surface area (TPSA) is 52.3 Å². The molecule has 18 heavy (non-hydrogen) atoms. The van der Waals surface area contributed by atoms with Crippen LogP contribution in [0.2, 0.25) is 0 Å². The molecule has 0 aliphatic heterocycles. The van der Waals surface area contributed by atoms with Gasteiger partial charge in [0.2, 0.25) is 0 Å². The molecule has 4 rings (SSSR count). The predicted molar refractivity (Wildman–Crippen MR) is 69.8 cm³/mol. The molecule has 3 nitrogen and oxygen atoms in total. The van der Waals surface area contributed by atoms with Gasteiger partial charge in [-0.05, 0) is 75.5 Å². The Kier molecular flexibility index (Phi) is 2.92. The van der Waals surface area contributed by atoms with E-state index in [2.05, 4.69) is 0 Å². The molecule has 0 aromatic heterocycles. The minimum Gasteiger partial charge on any atom is -0.464 e. The summed E-state index contributed by atoms with van der Waals surface area (Å²) >= 11 is 0. The van der Waals surface area contributed by atoms with E-state index in [0.717, 1.165) is 23.7 Å².